The summed E-state index contributed by atoms with van der Waals surface area (Å²) >= 11 is 1.28. The zero-order chi connectivity index (χ0) is 25.6. The number of benzene rings is 2. The molecular weight excluding hydrogens is 451 g/mol. The van der Waals surface area contributed by atoms with Crippen LogP contribution >= 0.6 is 11.9 Å². The van der Waals surface area contributed by atoms with E-state index in [0.717, 1.165) is 11.4 Å². The van der Waals surface area contributed by atoms with Gasteiger partial charge in [0.05, 0.1) is 0 Å². The van der Waals surface area contributed by atoms with E-state index in [9.17, 15) is 18.0 Å². The lowest BCUT2D eigenvalue weighted by atomic mass is 9.90. The van der Waals surface area contributed by atoms with Crippen molar-refractivity contribution < 1.29 is 22.7 Å². The van der Waals surface area contributed by atoms with Crippen molar-refractivity contribution in [3.05, 3.63) is 58.4 Å². The zero-order valence-electron chi connectivity index (χ0n) is 20.2. The third-order valence-corrected chi connectivity index (χ3v) is 5.06. The first-order valence-corrected chi connectivity index (χ1v) is 11.4. The fourth-order valence-corrected chi connectivity index (χ4v) is 3.47. The predicted molar refractivity (Wildman–Crippen MR) is 130 cm³/mol. The molecule has 0 unspecified atom stereocenters. The maximum atomic E-state index is 14.1. The van der Waals surface area contributed by atoms with Crippen LogP contribution in [0, 0.1) is 5.82 Å². The van der Waals surface area contributed by atoms with Gasteiger partial charge in [0.15, 0.2) is 11.6 Å². The van der Waals surface area contributed by atoms with Crippen LogP contribution in [0.1, 0.15) is 48.9 Å². The second-order valence-electron chi connectivity index (χ2n) is 7.49. The van der Waals surface area contributed by atoms with Gasteiger partial charge in [0, 0.05) is 17.9 Å². The van der Waals surface area contributed by atoms with Gasteiger partial charge in [-0.25, -0.2) is 4.39 Å². The van der Waals surface area contributed by atoms with Crippen molar-refractivity contribution in [3.8, 4) is 5.75 Å². The molecule has 0 atom stereocenters. The first-order valence-electron chi connectivity index (χ1n) is 10.5. The SMILES string of the molecule is CCc1c(F)c(OC(F)F)cc(C(C)C)c1CC=O.CN.CN(C)Cc1ccc(SN)cc1. The number of alkyl halides is 2. The van der Waals surface area contributed by atoms with E-state index in [1.54, 1.807) is 6.92 Å². The number of hydrogen-bond donors (Lipinski definition) is 2. The minimum Gasteiger partial charge on any atom is -0.432 e. The van der Waals surface area contributed by atoms with Gasteiger partial charge in [-0.15, -0.1) is 0 Å². The second-order valence-corrected chi connectivity index (χ2v) is 8.20. The Morgan fingerprint density at radius 2 is 1.70 bits per heavy atom. The van der Waals surface area contributed by atoms with Crippen molar-refractivity contribution in [1.82, 2.24) is 4.90 Å². The van der Waals surface area contributed by atoms with E-state index >= 15 is 0 Å². The molecule has 0 spiro atoms. The third-order valence-electron chi connectivity index (χ3n) is 4.52. The Hall–Kier alpha value is -2.07. The van der Waals surface area contributed by atoms with E-state index in [0.29, 0.717) is 23.8 Å². The van der Waals surface area contributed by atoms with Crippen molar-refractivity contribution in [2.75, 3.05) is 21.1 Å². The van der Waals surface area contributed by atoms with Crippen molar-refractivity contribution >= 4 is 18.2 Å². The van der Waals surface area contributed by atoms with E-state index < -0.39 is 18.2 Å². The highest BCUT2D eigenvalue weighted by atomic mass is 32.2. The number of rotatable bonds is 9. The molecule has 0 heterocycles. The number of hydrogen-bond acceptors (Lipinski definition) is 6. The van der Waals surface area contributed by atoms with Gasteiger partial charge >= 0.3 is 6.61 Å². The largest absolute Gasteiger partial charge is 0.432 e. The highest BCUT2D eigenvalue weighted by Gasteiger charge is 2.21. The van der Waals surface area contributed by atoms with Crippen LogP contribution in [0.3, 0.4) is 0 Å². The monoisotopic (exact) mass is 487 g/mol. The minimum absolute atomic E-state index is 0.0131. The number of halogens is 3. The van der Waals surface area contributed by atoms with E-state index in [4.69, 9.17) is 5.14 Å². The second kappa shape index (κ2) is 16.5. The Balaban J connectivity index is 0.000000627. The third kappa shape index (κ3) is 10.6. The summed E-state index contributed by atoms with van der Waals surface area (Å²) in [6.07, 6.45) is 1.07. The highest BCUT2D eigenvalue weighted by molar-refractivity contribution is 7.97. The molecule has 0 fully saturated rings. The molecule has 0 bridgehead atoms. The van der Waals surface area contributed by atoms with Crippen LogP contribution in [0.25, 0.3) is 0 Å². The van der Waals surface area contributed by atoms with Gasteiger partial charge < -0.3 is 20.2 Å². The van der Waals surface area contributed by atoms with Crippen LogP contribution in [0.15, 0.2) is 35.2 Å². The number of ether oxygens (including phenoxy) is 1. The first-order chi connectivity index (χ1) is 15.6. The Bertz CT molecular complexity index is 833. The molecule has 0 aliphatic heterocycles. The molecule has 0 amide bonds. The van der Waals surface area contributed by atoms with Gasteiger partial charge in [0.1, 0.15) is 6.29 Å². The molecule has 2 aromatic rings. The summed E-state index contributed by atoms with van der Waals surface area (Å²) in [5.41, 5.74) is 7.33. The van der Waals surface area contributed by atoms with Crippen molar-refractivity contribution in [2.24, 2.45) is 10.9 Å². The smallest absolute Gasteiger partial charge is 0.387 e. The summed E-state index contributed by atoms with van der Waals surface area (Å²) in [6, 6.07) is 9.57. The molecule has 0 radical (unpaired) electrons. The normalized spacial score (nSPS) is 10.5. The van der Waals surface area contributed by atoms with Gasteiger partial charge in [0.25, 0.3) is 0 Å². The Morgan fingerprint density at radius 1 is 1.12 bits per heavy atom. The predicted octanol–water partition coefficient (Wildman–Crippen LogP) is 5.14. The molecule has 4 N–H and O–H groups in total. The number of nitrogens with zero attached hydrogens (tertiary/aromatic N) is 1. The van der Waals surface area contributed by atoms with Gasteiger partial charge in [-0.05, 0) is 85.9 Å². The molecule has 0 aliphatic rings. The minimum atomic E-state index is -3.07. The van der Waals surface area contributed by atoms with E-state index in [-0.39, 0.29) is 17.9 Å². The summed E-state index contributed by atoms with van der Waals surface area (Å²) < 4.78 is 42.8. The molecule has 186 valence electrons. The van der Waals surface area contributed by atoms with E-state index in [1.807, 2.05) is 26.0 Å². The van der Waals surface area contributed by atoms with Crippen molar-refractivity contribution in [2.45, 2.75) is 57.6 Å². The molecular formula is C24H36F3N3O2S. The zero-order valence-corrected chi connectivity index (χ0v) is 21.0. The molecule has 0 aromatic heterocycles. The van der Waals surface area contributed by atoms with Crippen LogP contribution in [0.4, 0.5) is 13.2 Å². The topological polar surface area (TPSA) is 81.6 Å². The van der Waals surface area contributed by atoms with Crippen LogP contribution in [0.5, 0.6) is 5.75 Å². The number of carbonyl (C=O) groups excluding carboxylic acids is 1. The van der Waals surface area contributed by atoms with Gasteiger partial charge in [0.2, 0.25) is 0 Å². The maximum Gasteiger partial charge on any atom is 0.387 e. The van der Waals surface area contributed by atoms with Crippen LogP contribution in [0.2, 0.25) is 0 Å². The lowest BCUT2D eigenvalue weighted by Gasteiger charge is -2.19. The van der Waals surface area contributed by atoms with Crippen molar-refractivity contribution in [1.29, 1.82) is 0 Å². The standard InChI is InChI=1S/C14H17F3O2.C9H14N2S.CH5N/c1-4-9-10(5-6-18)11(8(2)3)7-12(13(9)15)19-14(16)17;1-11(2)7-8-3-5-9(12-10)6-4-8;1-2/h6-8,14H,4-5H2,1-3H3;3-6H,7,10H2,1-2H3;2H2,1H3. The average molecular weight is 488 g/mol. The van der Waals surface area contributed by atoms with Crippen molar-refractivity contribution in [3.63, 3.8) is 0 Å². The van der Waals surface area contributed by atoms with Crippen LogP contribution in [-0.2, 0) is 24.2 Å². The van der Waals surface area contributed by atoms with Crippen LogP contribution < -0.4 is 15.6 Å². The Labute approximate surface area is 199 Å². The molecule has 2 rings (SSSR count). The Kier molecular flexibility index (Phi) is 15.5. The summed E-state index contributed by atoms with van der Waals surface area (Å²) in [7, 11) is 5.62. The molecule has 33 heavy (non-hydrogen) atoms. The number of nitrogens with two attached hydrogens (primary N) is 2. The fraction of sp³-hybridized carbons (Fsp3) is 0.458. The van der Waals surface area contributed by atoms with E-state index in [2.05, 4.69) is 41.6 Å². The molecule has 0 aliphatic carbocycles. The van der Waals surface area contributed by atoms with Gasteiger partial charge in [-0.1, -0.05) is 32.9 Å². The molecule has 0 saturated heterocycles. The molecule has 2 aromatic carbocycles. The summed E-state index contributed by atoms with van der Waals surface area (Å²) in [5.74, 6) is -1.27. The lowest BCUT2D eigenvalue weighted by molar-refractivity contribution is -0.107. The molecule has 0 saturated carbocycles. The number of aldehydes is 1. The average Bonchev–Trinajstić information content (AvgIpc) is 2.77. The number of carbonyl (C=O) groups is 1. The Morgan fingerprint density at radius 3 is 2.09 bits per heavy atom. The lowest BCUT2D eigenvalue weighted by Crippen LogP contribution is -2.10. The van der Waals surface area contributed by atoms with Gasteiger partial charge in [-0.2, -0.15) is 8.78 Å². The first kappa shape index (κ1) is 30.9. The van der Waals surface area contributed by atoms with Crippen LogP contribution in [-0.4, -0.2) is 38.9 Å². The summed E-state index contributed by atoms with van der Waals surface area (Å²) in [4.78, 5) is 14.0. The van der Waals surface area contributed by atoms with E-state index in [1.165, 1.54) is 30.6 Å². The summed E-state index contributed by atoms with van der Waals surface area (Å²) in [5, 5.41) is 5.41. The maximum absolute atomic E-state index is 14.1. The molecule has 5 nitrogen and oxygen atoms in total. The molecule has 9 heteroatoms. The fourth-order valence-electron chi connectivity index (χ4n) is 3.18. The quantitative estimate of drug-likeness (QED) is 0.376. The summed E-state index contributed by atoms with van der Waals surface area (Å²) in [6.45, 7) is 3.33. The highest BCUT2D eigenvalue weighted by Crippen LogP contribution is 2.33. The van der Waals surface area contributed by atoms with Gasteiger partial charge in [-0.3, -0.25) is 5.14 Å².